The van der Waals surface area contributed by atoms with Crippen molar-refractivity contribution in [2.75, 3.05) is 4.31 Å². The van der Waals surface area contributed by atoms with E-state index in [9.17, 15) is 17.2 Å². The van der Waals surface area contributed by atoms with Crippen molar-refractivity contribution in [2.45, 2.75) is 56.4 Å². The maximum atomic E-state index is 14.3. The van der Waals surface area contributed by atoms with Crippen LogP contribution in [0.2, 0.25) is 5.02 Å². The Bertz CT molecular complexity index is 1260. The van der Waals surface area contributed by atoms with Gasteiger partial charge in [0.2, 0.25) is 0 Å². The Hall–Kier alpha value is -2.44. The summed E-state index contributed by atoms with van der Waals surface area (Å²) in [5.41, 5.74) is 2.65. The Morgan fingerprint density at radius 3 is 2.42 bits per heavy atom. The molecule has 174 valence electrons. The molecule has 0 N–H and O–H groups in total. The summed E-state index contributed by atoms with van der Waals surface area (Å²) in [4.78, 5) is 0.159. The number of benzene rings is 3. The summed E-state index contributed by atoms with van der Waals surface area (Å²) in [6.45, 7) is 4.08. The second kappa shape index (κ2) is 9.43. The Kier molecular flexibility index (Phi) is 6.78. The highest BCUT2D eigenvalue weighted by Gasteiger charge is 2.36. The molecule has 0 aromatic heterocycles. The molecule has 0 radical (unpaired) electrons. The molecule has 1 atom stereocenters. The molecule has 3 aromatic carbocycles. The van der Waals surface area contributed by atoms with E-state index < -0.39 is 27.7 Å². The van der Waals surface area contributed by atoms with E-state index in [1.807, 2.05) is 26.0 Å². The Morgan fingerprint density at radius 1 is 1.03 bits per heavy atom. The van der Waals surface area contributed by atoms with Gasteiger partial charge in [0.25, 0.3) is 10.0 Å². The highest BCUT2D eigenvalue weighted by atomic mass is 35.5. The molecule has 1 aliphatic heterocycles. The molecule has 0 fully saturated rings. The Morgan fingerprint density at radius 2 is 1.76 bits per heavy atom. The van der Waals surface area contributed by atoms with Crippen LogP contribution in [0.1, 0.15) is 49.3 Å². The number of sulfonamides is 1. The lowest BCUT2D eigenvalue weighted by atomic mass is 9.94. The SMILES string of the molecule is CC(C)c1ccc(S(=O)(=O)N2c3cc(F)ccc3CCC2CCc2ccc(Cl)cc2F)cc1. The molecule has 7 heteroatoms. The van der Waals surface area contributed by atoms with E-state index in [1.54, 1.807) is 30.3 Å². The molecule has 1 unspecified atom stereocenters. The van der Waals surface area contributed by atoms with E-state index in [0.717, 1.165) is 11.1 Å². The van der Waals surface area contributed by atoms with Crippen LogP contribution in [0, 0.1) is 11.6 Å². The number of fused-ring (bicyclic) bond motifs is 1. The van der Waals surface area contributed by atoms with Crippen LogP contribution in [0.3, 0.4) is 0 Å². The lowest BCUT2D eigenvalue weighted by Gasteiger charge is -2.38. The van der Waals surface area contributed by atoms with E-state index in [1.165, 1.54) is 22.5 Å². The first-order chi connectivity index (χ1) is 15.7. The molecule has 3 aromatic rings. The summed E-state index contributed by atoms with van der Waals surface area (Å²) < 4.78 is 57.4. The maximum absolute atomic E-state index is 14.3. The van der Waals surface area contributed by atoms with E-state index >= 15 is 0 Å². The summed E-state index contributed by atoms with van der Waals surface area (Å²) >= 11 is 5.86. The highest BCUT2D eigenvalue weighted by Crippen LogP contribution is 2.38. The fourth-order valence-electron chi connectivity index (χ4n) is 4.36. The molecule has 1 aliphatic rings. The third-order valence-electron chi connectivity index (χ3n) is 6.23. The minimum absolute atomic E-state index is 0.159. The number of rotatable bonds is 6. The third kappa shape index (κ3) is 4.92. The standard InChI is InChI=1S/C26H26ClF2NO2S/c1-17(2)18-7-13-24(14-8-18)33(31,32)30-23(11-5-19-3-9-21(27)15-25(19)29)12-6-20-4-10-22(28)16-26(20)30/h3-4,7-10,13-17,23H,5-6,11-12H2,1-2H3. The first kappa shape index (κ1) is 23.7. The molecular weight excluding hydrogens is 464 g/mol. The number of aryl methyl sites for hydroxylation is 2. The molecule has 0 saturated heterocycles. The lowest BCUT2D eigenvalue weighted by Crippen LogP contribution is -2.44. The lowest BCUT2D eigenvalue weighted by molar-refractivity contribution is 0.515. The number of hydrogen-bond donors (Lipinski definition) is 0. The molecule has 0 spiro atoms. The van der Waals surface area contributed by atoms with Gasteiger partial charge in [-0.3, -0.25) is 4.31 Å². The number of anilines is 1. The highest BCUT2D eigenvalue weighted by molar-refractivity contribution is 7.92. The number of nitrogens with zero attached hydrogens (tertiary/aromatic N) is 1. The van der Waals surface area contributed by atoms with Gasteiger partial charge >= 0.3 is 0 Å². The topological polar surface area (TPSA) is 37.4 Å². The van der Waals surface area contributed by atoms with Gasteiger partial charge in [-0.25, -0.2) is 17.2 Å². The molecule has 0 amide bonds. The molecule has 0 aliphatic carbocycles. The van der Waals surface area contributed by atoms with Crippen LogP contribution in [-0.4, -0.2) is 14.5 Å². The van der Waals surface area contributed by atoms with Crippen molar-refractivity contribution in [1.29, 1.82) is 0 Å². The van der Waals surface area contributed by atoms with Crippen LogP contribution in [-0.2, 0) is 22.9 Å². The fraction of sp³-hybridized carbons (Fsp3) is 0.308. The van der Waals surface area contributed by atoms with Crippen LogP contribution in [0.15, 0.2) is 65.6 Å². The van der Waals surface area contributed by atoms with E-state index in [0.29, 0.717) is 42.0 Å². The minimum atomic E-state index is -3.95. The predicted molar refractivity (Wildman–Crippen MR) is 128 cm³/mol. The van der Waals surface area contributed by atoms with Crippen LogP contribution >= 0.6 is 11.6 Å². The van der Waals surface area contributed by atoms with E-state index in [-0.39, 0.29) is 10.8 Å². The van der Waals surface area contributed by atoms with E-state index in [4.69, 9.17) is 11.6 Å². The van der Waals surface area contributed by atoms with Crippen molar-refractivity contribution in [3.63, 3.8) is 0 Å². The largest absolute Gasteiger partial charge is 0.264 e. The smallest absolute Gasteiger partial charge is 0.263 e. The van der Waals surface area contributed by atoms with Gasteiger partial charge in [-0.15, -0.1) is 0 Å². The van der Waals surface area contributed by atoms with Gasteiger partial charge in [-0.1, -0.05) is 49.7 Å². The molecule has 33 heavy (non-hydrogen) atoms. The van der Waals surface area contributed by atoms with Crippen molar-refractivity contribution in [2.24, 2.45) is 0 Å². The molecule has 4 rings (SSSR count). The van der Waals surface area contributed by atoms with Gasteiger partial charge < -0.3 is 0 Å². The number of hydrogen-bond acceptors (Lipinski definition) is 2. The second-order valence-electron chi connectivity index (χ2n) is 8.76. The average Bonchev–Trinajstić information content (AvgIpc) is 2.78. The van der Waals surface area contributed by atoms with Gasteiger partial charge in [-0.2, -0.15) is 0 Å². The normalized spacial score (nSPS) is 16.2. The summed E-state index contributed by atoms with van der Waals surface area (Å²) in [5.74, 6) is -0.634. The van der Waals surface area contributed by atoms with Crippen LogP contribution in [0.5, 0.6) is 0 Å². The zero-order valence-corrected chi connectivity index (χ0v) is 20.1. The van der Waals surface area contributed by atoms with Crippen molar-refractivity contribution in [1.82, 2.24) is 0 Å². The van der Waals surface area contributed by atoms with Crippen LogP contribution in [0.4, 0.5) is 14.5 Å². The minimum Gasteiger partial charge on any atom is -0.263 e. The summed E-state index contributed by atoms with van der Waals surface area (Å²) in [7, 11) is -3.95. The average molecular weight is 490 g/mol. The third-order valence-corrected chi connectivity index (χ3v) is 8.34. The fourth-order valence-corrected chi connectivity index (χ4v) is 6.26. The van der Waals surface area contributed by atoms with Gasteiger partial charge in [0.1, 0.15) is 11.6 Å². The van der Waals surface area contributed by atoms with Gasteiger partial charge in [-0.05, 0) is 84.7 Å². The molecule has 1 heterocycles. The molecule has 0 saturated carbocycles. The molecule has 3 nitrogen and oxygen atoms in total. The molecular formula is C26H26ClF2NO2S. The first-order valence-corrected chi connectivity index (χ1v) is 12.9. The van der Waals surface area contributed by atoms with Crippen LogP contribution < -0.4 is 4.31 Å². The van der Waals surface area contributed by atoms with Crippen molar-refractivity contribution < 1.29 is 17.2 Å². The predicted octanol–water partition coefficient (Wildman–Crippen LogP) is 6.88. The Labute approximate surface area is 199 Å². The summed E-state index contributed by atoms with van der Waals surface area (Å²) in [5, 5.41) is 0.312. The van der Waals surface area contributed by atoms with Crippen molar-refractivity contribution in [3.8, 4) is 0 Å². The Balaban J connectivity index is 1.71. The molecule has 0 bridgehead atoms. The summed E-state index contributed by atoms with van der Waals surface area (Å²) in [6, 6.07) is 15.2. The monoisotopic (exact) mass is 489 g/mol. The number of halogens is 3. The van der Waals surface area contributed by atoms with E-state index in [2.05, 4.69) is 0 Å². The van der Waals surface area contributed by atoms with Gasteiger partial charge in [0, 0.05) is 11.1 Å². The maximum Gasteiger partial charge on any atom is 0.264 e. The zero-order chi connectivity index (χ0) is 23.8. The quantitative estimate of drug-likeness (QED) is 0.378. The zero-order valence-electron chi connectivity index (χ0n) is 18.6. The second-order valence-corrected chi connectivity index (χ2v) is 11.0. The van der Waals surface area contributed by atoms with Crippen molar-refractivity contribution in [3.05, 3.63) is 94.0 Å². The van der Waals surface area contributed by atoms with Crippen molar-refractivity contribution >= 4 is 27.3 Å². The summed E-state index contributed by atoms with van der Waals surface area (Å²) in [6.07, 6.45) is 1.94. The van der Waals surface area contributed by atoms with Gasteiger partial charge in [0.15, 0.2) is 0 Å². The van der Waals surface area contributed by atoms with Crippen LogP contribution in [0.25, 0.3) is 0 Å². The van der Waals surface area contributed by atoms with Gasteiger partial charge in [0.05, 0.1) is 10.6 Å². The first-order valence-electron chi connectivity index (χ1n) is 11.0.